The van der Waals surface area contributed by atoms with Crippen LogP contribution >= 0.6 is 0 Å². The molecule has 2 atom stereocenters. The minimum atomic E-state index is -0.844. The molecule has 0 spiro atoms. The summed E-state index contributed by atoms with van der Waals surface area (Å²) in [6, 6.07) is 30.3. The Morgan fingerprint density at radius 1 is 0.933 bits per heavy atom. The molecule has 0 bridgehead atoms. The molecule has 0 amide bonds. The number of carbonyl (C=O) groups is 1. The van der Waals surface area contributed by atoms with Crippen LogP contribution in [0.3, 0.4) is 0 Å². The highest BCUT2D eigenvalue weighted by Crippen LogP contribution is 2.30. The monoisotopic (exact) mass is 398 g/mol. The zero-order valence-corrected chi connectivity index (χ0v) is 17.1. The Balaban J connectivity index is 1.74. The summed E-state index contributed by atoms with van der Waals surface area (Å²) in [5.41, 5.74) is 4.28. The van der Waals surface area contributed by atoms with E-state index in [2.05, 4.69) is 23.5 Å². The van der Waals surface area contributed by atoms with Crippen molar-refractivity contribution in [1.82, 2.24) is 0 Å². The van der Waals surface area contributed by atoms with Gasteiger partial charge in [0.1, 0.15) is 0 Å². The smallest absolute Gasteiger partial charge is 0.323 e. The van der Waals surface area contributed by atoms with Crippen LogP contribution in [0, 0.1) is 17.2 Å². The van der Waals surface area contributed by atoms with Gasteiger partial charge in [-0.3, -0.25) is 4.79 Å². The molecule has 3 aromatic carbocycles. The van der Waals surface area contributed by atoms with Crippen LogP contribution in [0.15, 0.2) is 84.9 Å². The number of anilines is 1. The molecule has 0 heterocycles. The first-order valence-corrected chi connectivity index (χ1v) is 10.2. The van der Waals surface area contributed by atoms with Gasteiger partial charge in [0.15, 0.2) is 5.92 Å². The van der Waals surface area contributed by atoms with Crippen molar-refractivity contribution in [3.05, 3.63) is 102 Å². The van der Waals surface area contributed by atoms with Crippen molar-refractivity contribution in [2.75, 3.05) is 11.9 Å². The first-order valence-electron chi connectivity index (χ1n) is 10.2. The van der Waals surface area contributed by atoms with E-state index in [0.29, 0.717) is 6.42 Å². The second-order valence-corrected chi connectivity index (χ2v) is 7.12. The molecule has 0 aliphatic heterocycles. The van der Waals surface area contributed by atoms with E-state index >= 15 is 0 Å². The lowest BCUT2D eigenvalue weighted by Crippen LogP contribution is -2.25. The minimum Gasteiger partial charge on any atom is -0.465 e. The molecule has 0 fully saturated rings. The zero-order chi connectivity index (χ0) is 21.2. The van der Waals surface area contributed by atoms with E-state index in [0.717, 1.165) is 23.4 Å². The van der Waals surface area contributed by atoms with Gasteiger partial charge < -0.3 is 10.1 Å². The van der Waals surface area contributed by atoms with Crippen LogP contribution in [0.1, 0.15) is 29.5 Å². The highest BCUT2D eigenvalue weighted by atomic mass is 16.5. The molecule has 30 heavy (non-hydrogen) atoms. The van der Waals surface area contributed by atoms with Gasteiger partial charge in [-0.2, -0.15) is 5.26 Å². The van der Waals surface area contributed by atoms with Crippen molar-refractivity contribution in [3.8, 4) is 6.07 Å². The first-order chi connectivity index (χ1) is 14.7. The maximum absolute atomic E-state index is 12.4. The average molecular weight is 399 g/mol. The van der Waals surface area contributed by atoms with Gasteiger partial charge in [0, 0.05) is 18.2 Å². The molecule has 0 aliphatic rings. The second kappa shape index (κ2) is 10.8. The van der Waals surface area contributed by atoms with Crippen molar-refractivity contribution in [3.63, 3.8) is 0 Å². The Bertz CT molecular complexity index is 963. The number of nitrogens with one attached hydrogen (secondary N) is 1. The maximum atomic E-state index is 12.4. The Labute approximate surface area is 178 Å². The lowest BCUT2D eigenvalue weighted by molar-refractivity contribution is -0.146. The van der Waals surface area contributed by atoms with E-state index in [1.54, 1.807) is 6.92 Å². The van der Waals surface area contributed by atoms with Gasteiger partial charge in [0.05, 0.1) is 12.7 Å². The van der Waals surface area contributed by atoms with Crippen LogP contribution in [-0.4, -0.2) is 12.6 Å². The fraction of sp³-hybridized carbons (Fsp3) is 0.231. The minimum absolute atomic E-state index is 0.264. The van der Waals surface area contributed by atoms with Gasteiger partial charge in [-0.05, 0) is 42.2 Å². The molecule has 0 aromatic heterocycles. The van der Waals surface area contributed by atoms with Crippen LogP contribution in [-0.2, 0) is 22.5 Å². The van der Waals surface area contributed by atoms with Gasteiger partial charge in [-0.1, -0.05) is 72.8 Å². The third-order valence-corrected chi connectivity index (χ3v) is 5.06. The summed E-state index contributed by atoms with van der Waals surface area (Å²) in [7, 11) is 0. The third kappa shape index (κ3) is 5.71. The second-order valence-electron chi connectivity index (χ2n) is 7.12. The number of carbonyl (C=O) groups excluding carboxylic acids is 1. The summed E-state index contributed by atoms with van der Waals surface area (Å²) in [4.78, 5) is 12.4. The number of hydrogen-bond donors (Lipinski definition) is 1. The number of benzene rings is 3. The number of nitrogens with zero attached hydrogens (tertiary/aromatic N) is 1. The lowest BCUT2D eigenvalue weighted by Gasteiger charge is -2.21. The predicted octanol–water partition coefficient (Wildman–Crippen LogP) is 5.33. The normalized spacial score (nSPS) is 12.4. The standard InChI is InChI=1S/C26H26N2O2/c1-2-30-26(29)25(18-27)24(22-11-7-4-8-12-22)17-20-13-15-23(16-14-20)28-19-21-9-5-3-6-10-21/h3-16,24-25,28H,2,17,19H2,1H3. The van der Waals surface area contributed by atoms with Crippen molar-refractivity contribution >= 4 is 11.7 Å². The van der Waals surface area contributed by atoms with E-state index in [4.69, 9.17) is 4.74 Å². The number of esters is 1. The number of hydrogen-bond acceptors (Lipinski definition) is 4. The van der Waals surface area contributed by atoms with E-state index in [9.17, 15) is 10.1 Å². The Hall–Kier alpha value is -3.58. The number of nitriles is 1. The molecule has 3 aromatic rings. The van der Waals surface area contributed by atoms with Crippen molar-refractivity contribution in [2.45, 2.75) is 25.8 Å². The molecular formula is C26H26N2O2. The summed E-state index contributed by atoms with van der Waals surface area (Å²) in [5.74, 6) is -1.57. The van der Waals surface area contributed by atoms with Crippen LogP contribution in [0.4, 0.5) is 5.69 Å². The van der Waals surface area contributed by atoms with Gasteiger partial charge in [0.2, 0.25) is 0 Å². The Kier molecular flexibility index (Phi) is 7.63. The Morgan fingerprint density at radius 2 is 1.57 bits per heavy atom. The van der Waals surface area contributed by atoms with Gasteiger partial charge in [-0.25, -0.2) is 0 Å². The highest BCUT2D eigenvalue weighted by Gasteiger charge is 2.31. The Morgan fingerprint density at radius 3 is 2.17 bits per heavy atom. The summed E-state index contributed by atoms with van der Waals surface area (Å²) < 4.78 is 5.16. The third-order valence-electron chi connectivity index (χ3n) is 5.06. The molecule has 4 heteroatoms. The largest absolute Gasteiger partial charge is 0.465 e. The van der Waals surface area contributed by atoms with Crippen LogP contribution < -0.4 is 5.32 Å². The van der Waals surface area contributed by atoms with E-state index in [1.807, 2.05) is 72.8 Å². The first kappa shape index (κ1) is 21.1. The van der Waals surface area contributed by atoms with Crippen molar-refractivity contribution in [1.29, 1.82) is 5.26 Å². The molecule has 1 N–H and O–H groups in total. The maximum Gasteiger partial charge on any atom is 0.323 e. The fourth-order valence-electron chi connectivity index (χ4n) is 3.48. The van der Waals surface area contributed by atoms with Gasteiger partial charge in [0.25, 0.3) is 0 Å². The average Bonchev–Trinajstić information content (AvgIpc) is 2.80. The molecule has 152 valence electrons. The fourth-order valence-corrected chi connectivity index (χ4v) is 3.48. The highest BCUT2D eigenvalue weighted by molar-refractivity contribution is 5.76. The number of ether oxygens (including phenoxy) is 1. The summed E-state index contributed by atoms with van der Waals surface area (Å²) in [5, 5.41) is 13.1. The summed E-state index contributed by atoms with van der Waals surface area (Å²) >= 11 is 0. The predicted molar refractivity (Wildman–Crippen MR) is 119 cm³/mol. The lowest BCUT2D eigenvalue weighted by atomic mass is 9.82. The number of rotatable bonds is 9. The summed E-state index contributed by atoms with van der Waals surface area (Å²) in [6.45, 7) is 2.78. The van der Waals surface area contributed by atoms with Crippen LogP contribution in [0.5, 0.6) is 0 Å². The molecule has 0 aliphatic carbocycles. The van der Waals surface area contributed by atoms with Crippen molar-refractivity contribution in [2.24, 2.45) is 5.92 Å². The summed E-state index contributed by atoms with van der Waals surface area (Å²) in [6.07, 6.45) is 0.583. The molecule has 2 unspecified atom stereocenters. The van der Waals surface area contributed by atoms with Crippen LogP contribution in [0.25, 0.3) is 0 Å². The van der Waals surface area contributed by atoms with Gasteiger partial charge in [-0.15, -0.1) is 0 Å². The topological polar surface area (TPSA) is 62.1 Å². The van der Waals surface area contributed by atoms with Crippen LogP contribution in [0.2, 0.25) is 0 Å². The van der Waals surface area contributed by atoms with Gasteiger partial charge >= 0.3 is 5.97 Å². The quantitative estimate of drug-likeness (QED) is 0.495. The molecule has 4 nitrogen and oxygen atoms in total. The van der Waals surface area contributed by atoms with Crippen molar-refractivity contribution < 1.29 is 9.53 Å². The molecule has 0 saturated heterocycles. The van der Waals surface area contributed by atoms with E-state index in [1.165, 1.54) is 5.56 Å². The molecule has 0 radical (unpaired) electrons. The zero-order valence-electron chi connectivity index (χ0n) is 17.1. The van der Waals surface area contributed by atoms with E-state index in [-0.39, 0.29) is 12.5 Å². The SMILES string of the molecule is CCOC(=O)C(C#N)C(Cc1ccc(NCc2ccccc2)cc1)c1ccccc1. The molecule has 0 saturated carbocycles. The molecule has 3 rings (SSSR count). The van der Waals surface area contributed by atoms with E-state index < -0.39 is 11.9 Å². The molecular weight excluding hydrogens is 372 g/mol.